The molecule has 2 heterocycles. The molecule has 3 aromatic carbocycles. The SMILES string of the molecule is O=C1OC(=C2C(=O)C(=O)N(c3ccccc3)C2c2ccccc2)C=C1Nc1ccccc1. The van der Waals surface area contributed by atoms with Crippen LogP contribution in [0.4, 0.5) is 11.4 Å². The molecule has 0 aliphatic carbocycles. The molecule has 1 atom stereocenters. The molecule has 5 rings (SSSR count). The molecule has 0 bridgehead atoms. The topological polar surface area (TPSA) is 75.7 Å². The second-order valence-electron chi connectivity index (χ2n) is 7.37. The number of para-hydroxylation sites is 2. The summed E-state index contributed by atoms with van der Waals surface area (Å²) in [6.07, 6.45) is 1.49. The third kappa shape index (κ3) is 3.37. The van der Waals surface area contributed by atoms with Crippen LogP contribution in [0.15, 0.2) is 114 Å². The van der Waals surface area contributed by atoms with Crippen molar-refractivity contribution in [3.63, 3.8) is 0 Å². The maximum absolute atomic E-state index is 13.1. The number of cyclic esters (lactones) is 1. The van der Waals surface area contributed by atoms with Gasteiger partial charge in [-0.2, -0.15) is 0 Å². The van der Waals surface area contributed by atoms with Crippen LogP contribution in [-0.4, -0.2) is 17.7 Å². The third-order valence-electron chi connectivity index (χ3n) is 5.36. The van der Waals surface area contributed by atoms with Crippen molar-refractivity contribution in [2.24, 2.45) is 0 Å². The van der Waals surface area contributed by atoms with Crippen LogP contribution in [0.25, 0.3) is 0 Å². The van der Waals surface area contributed by atoms with Crippen molar-refractivity contribution >= 4 is 29.0 Å². The monoisotopic (exact) mass is 422 g/mol. The van der Waals surface area contributed by atoms with Gasteiger partial charge in [-0.25, -0.2) is 4.79 Å². The Bertz CT molecular complexity index is 1260. The lowest BCUT2D eigenvalue weighted by atomic mass is 9.97. The molecule has 0 spiro atoms. The van der Waals surface area contributed by atoms with E-state index in [1.54, 1.807) is 24.3 Å². The van der Waals surface area contributed by atoms with Crippen molar-refractivity contribution in [2.75, 3.05) is 10.2 Å². The maximum Gasteiger partial charge on any atom is 0.360 e. The highest BCUT2D eigenvalue weighted by Gasteiger charge is 2.47. The molecule has 0 saturated carbocycles. The summed E-state index contributed by atoms with van der Waals surface area (Å²) < 4.78 is 5.47. The Kier molecular flexibility index (Phi) is 4.88. The Balaban J connectivity index is 1.63. The van der Waals surface area contributed by atoms with Crippen molar-refractivity contribution in [3.05, 3.63) is 120 Å². The number of hydrogen-bond acceptors (Lipinski definition) is 5. The van der Waals surface area contributed by atoms with E-state index in [1.807, 2.05) is 66.7 Å². The zero-order valence-electron chi connectivity index (χ0n) is 16.9. The van der Waals surface area contributed by atoms with Crippen LogP contribution in [0.3, 0.4) is 0 Å². The first-order valence-corrected chi connectivity index (χ1v) is 10.1. The minimum absolute atomic E-state index is 0.0825. The molecule has 1 amide bonds. The molecule has 32 heavy (non-hydrogen) atoms. The molecule has 0 aromatic heterocycles. The molecular weight excluding hydrogens is 404 g/mol. The van der Waals surface area contributed by atoms with Gasteiger partial charge in [-0.1, -0.05) is 66.7 Å². The molecule has 6 nitrogen and oxygen atoms in total. The minimum atomic E-state index is -0.714. The molecule has 2 aliphatic heterocycles. The molecule has 1 saturated heterocycles. The van der Waals surface area contributed by atoms with Crippen LogP contribution >= 0.6 is 0 Å². The van der Waals surface area contributed by atoms with Gasteiger partial charge in [0.15, 0.2) is 0 Å². The van der Waals surface area contributed by atoms with Crippen LogP contribution in [-0.2, 0) is 19.1 Å². The summed E-state index contributed by atoms with van der Waals surface area (Å²) in [7, 11) is 0. The lowest BCUT2D eigenvalue weighted by Crippen LogP contribution is -2.29. The lowest BCUT2D eigenvalue weighted by molar-refractivity contribution is -0.134. The average molecular weight is 422 g/mol. The largest absolute Gasteiger partial charge is 0.421 e. The summed E-state index contributed by atoms with van der Waals surface area (Å²) in [6, 6.07) is 26.7. The first-order chi connectivity index (χ1) is 15.6. The van der Waals surface area contributed by atoms with Crippen molar-refractivity contribution in [1.82, 2.24) is 0 Å². The molecule has 1 N–H and O–H groups in total. The van der Waals surface area contributed by atoms with E-state index in [0.29, 0.717) is 11.4 Å². The quantitative estimate of drug-likeness (QED) is 0.388. The van der Waals surface area contributed by atoms with E-state index >= 15 is 0 Å². The Morgan fingerprint density at radius 2 is 1.34 bits per heavy atom. The number of amides is 1. The number of rotatable bonds is 4. The van der Waals surface area contributed by atoms with E-state index in [1.165, 1.54) is 11.0 Å². The van der Waals surface area contributed by atoms with Crippen molar-refractivity contribution in [1.29, 1.82) is 0 Å². The van der Waals surface area contributed by atoms with Gasteiger partial charge >= 0.3 is 5.97 Å². The number of anilines is 2. The van der Waals surface area contributed by atoms with Crippen molar-refractivity contribution < 1.29 is 19.1 Å². The molecule has 1 fully saturated rings. The van der Waals surface area contributed by atoms with E-state index in [9.17, 15) is 14.4 Å². The van der Waals surface area contributed by atoms with Crippen LogP contribution in [0.5, 0.6) is 0 Å². The second-order valence-corrected chi connectivity index (χ2v) is 7.37. The van der Waals surface area contributed by atoms with Crippen LogP contribution in [0.1, 0.15) is 11.6 Å². The number of nitrogens with one attached hydrogen (secondary N) is 1. The first kappa shape index (κ1) is 19.5. The van der Waals surface area contributed by atoms with Crippen LogP contribution < -0.4 is 10.2 Å². The van der Waals surface area contributed by atoms with Gasteiger partial charge in [0, 0.05) is 17.5 Å². The van der Waals surface area contributed by atoms with Gasteiger partial charge in [0.1, 0.15) is 11.5 Å². The number of allylic oxidation sites excluding steroid dienone is 1. The van der Waals surface area contributed by atoms with E-state index in [-0.39, 0.29) is 17.0 Å². The predicted molar refractivity (Wildman–Crippen MR) is 119 cm³/mol. The number of benzene rings is 3. The molecule has 3 aromatic rings. The minimum Gasteiger partial charge on any atom is -0.421 e. The van der Waals surface area contributed by atoms with E-state index in [4.69, 9.17) is 4.74 Å². The number of carbonyl (C=O) groups excluding carboxylic acids is 3. The van der Waals surface area contributed by atoms with E-state index in [0.717, 1.165) is 5.56 Å². The van der Waals surface area contributed by atoms with Gasteiger partial charge in [-0.05, 0) is 29.8 Å². The fraction of sp³-hybridized carbons (Fsp3) is 0.0385. The van der Waals surface area contributed by atoms with Crippen molar-refractivity contribution in [3.8, 4) is 0 Å². The number of esters is 1. The summed E-state index contributed by atoms with van der Waals surface area (Å²) >= 11 is 0. The summed E-state index contributed by atoms with van der Waals surface area (Å²) in [6.45, 7) is 0. The van der Waals surface area contributed by atoms with Crippen LogP contribution in [0, 0.1) is 0 Å². The molecule has 6 heteroatoms. The van der Waals surface area contributed by atoms with Crippen molar-refractivity contribution in [2.45, 2.75) is 6.04 Å². The highest BCUT2D eigenvalue weighted by Crippen LogP contribution is 2.42. The lowest BCUT2D eigenvalue weighted by Gasteiger charge is -2.25. The number of nitrogens with zero attached hydrogens (tertiary/aromatic N) is 1. The number of hydrogen-bond donors (Lipinski definition) is 1. The van der Waals surface area contributed by atoms with Gasteiger partial charge in [0.05, 0.1) is 11.6 Å². The molecule has 0 radical (unpaired) electrons. The third-order valence-corrected chi connectivity index (χ3v) is 5.36. The Morgan fingerprint density at radius 3 is 2.00 bits per heavy atom. The summed E-state index contributed by atoms with van der Waals surface area (Å²) in [5, 5.41) is 3.01. The van der Waals surface area contributed by atoms with Gasteiger partial charge in [-0.3, -0.25) is 14.5 Å². The Hall–Kier alpha value is -4.45. The smallest absolute Gasteiger partial charge is 0.360 e. The summed E-state index contributed by atoms with van der Waals surface area (Å²) in [5.74, 6) is -1.88. The zero-order valence-corrected chi connectivity index (χ0v) is 16.9. The maximum atomic E-state index is 13.1. The first-order valence-electron chi connectivity index (χ1n) is 10.1. The van der Waals surface area contributed by atoms with Crippen LogP contribution in [0.2, 0.25) is 0 Å². The number of carbonyl (C=O) groups is 3. The summed E-state index contributed by atoms with van der Waals surface area (Å²) in [5.41, 5.74) is 2.38. The molecule has 1 unspecified atom stereocenters. The highest BCUT2D eigenvalue weighted by atomic mass is 16.5. The van der Waals surface area contributed by atoms with E-state index in [2.05, 4.69) is 5.32 Å². The highest BCUT2D eigenvalue weighted by molar-refractivity contribution is 6.51. The molecular formula is C26H18N2O4. The normalized spacial score (nSPS) is 20.4. The number of ketones is 1. The number of Topliss-reactive ketones (excluding diaryl/α,β-unsaturated/α-hetero) is 1. The fourth-order valence-corrected chi connectivity index (χ4v) is 3.92. The molecule has 156 valence electrons. The van der Waals surface area contributed by atoms with Gasteiger partial charge in [0.25, 0.3) is 11.7 Å². The number of ether oxygens (including phenoxy) is 1. The Labute approximate surface area is 184 Å². The van der Waals surface area contributed by atoms with Gasteiger partial charge in [-0.15, -0.1) is 0 Å². The standard InChI is InChI=1S/C26H18N2O4/c29-24-22(21-16-20(26(31)32-21)27-18-12-6-2-7-13-18)23(17-10-4-1-5-11-17)28(25(24)30)19-14-8-3-9-15-19/h1-16,23,27H. The van der Waals surface area contributed by atoms with Gasteiger partial charge in [0.2, 0.25) is 0 Å². The zero-order chi connectivity index (χ0) is 22.1. The predicted octanol–water partition coefficient (Wildman–Crippen LogP) is 4.15. The fourth-order valence-electron chi connectivity index (χ4n) is 3.92. The van der Waals surface area contributed by atoms with E-state index < -0.39 is 23.7 Å². The Morgan fingerprint density at radius 1 is 0.750 bits per heavy atom. The second kappa shape index (κ2) is 8.00. The summed E-state index contributed by atoms with van der Waals surface area (Å²) in [4.78, 5) is 40.2. The average Bonchev–Trinajstić information content (AvgIpc) is 3.32. The molecule has 2 aliphatic rings. The van der Waals surface area contributed by atoms with Gasteiger partial charge < -0.3 is 10.1 Å².